The van der Waals surface area contributed by atoms with Gasteiger partial charge in [0.15, 0.2) is 0 Å². The lowest BCUT2D eigenvalue weighted by molar-refractivity contribution is 1.25. The van der Waals surface area contributed by atoms with Gasteiger partial charge < -0.3 is 4.98 Å². The van der Waals surface area contributed by atoms with E-state index in [0.717, 1.165) is 0 Å². The topological polar surface area (TPSA) is 15.8 Å². The third-order valence-electron chi connectivity index (χ3n) is 4.61. The quantitative estimate of drug-likeness (QED) is 0.459. The van der Waals surface area contributed by atoms with E-state index in [-0.39, 0.29) is 0 Å². The number of nitrogens with one attached hydrogen (secondary N) is 1. The summed E-state index contributed by atoms with van der Waals surface area (Å²) in [6.07, 6.45) is 0. The molecular weight excluding hydrogens is 278 g/mol. The van der Waals surface area contributed by atoms with Crippen LogP contribution in [0.4, 0.5) is 0 Å². The molecule has 1 aromatic heterocycles. The van der Waals surface area contributed by atoms with Gasteiger partial charge in [-0.05, 0) is 47.7 Å². The Morgan fingerprint density at radius 1 is 0.652 bits per heavy atom. The minimum absolute atomic E-state index is 1.21. The standard InChI is InChI=1S/C22H19N/c1-15-16(2)23-20-14-13-19(17-9-5-3-6-10-17)22(21(15)20)18-11-7-4-8-12-18/h3-14,23H,1-2H3. The van der Waals surface area contributed by atoms with Crippen LogP contribution >= 0.6 is 0 Å². The SMILES string of the molecule is Cc1[nH]c2ccc(-c3ccccc3)c(-c3ccccc3)c2c1C. The Kier molecular flexibility index (Phi) is 3.27. The summed E-state index contributed by atoms with van der Waals surface area (Å²) in [6, 6.07) is 25.7. The van der Waals surface area contributed by atoms with Crippen molar-refractivity contribution < 1.29 is 0 Å². The second-order valence-electron chi connectivity index (χ2n) is 6.02. The smallest absolute Gasteiger partial charge is 0.0465 e. The second-order valence-corrected chi connectivity index (χ2v) is 6.02. The van der Waals surface area contributed by atoms with Gasteiger partial charge in [0.2, 0.25) is 0 Å². The molecule has 0 saturated heterocycles. The molecule has 0 radical (unpaired) electrons. The Hall–Kier alpha value is -2.80. The zero-order valence-electron chi connectivity index (χ0n) is 13.4. The molecule has 0 aliphatic carbocycles. The van der Waals surface area contributed by atoms with E-state index in [1.807, 2.05) is 0 Å². The lowest BCUT2D eigenvalue weighted by Gasteiger charge is -2.13. The molecule has 1 heteroatoms. The normalized spacial score (nSPS) is 11.0. The summed E-state index contributed by atoms with van der Waals surface area (Å²) in [5, 5.41) is 1.33. The molecule has 0 spiro atoms. The Morgan fingerprint density at radius 2 is 1.26 bits per heavy atom. The first-order chi connectivity index (χ1) is 11.3. The van der Waals surface area contributed by atoms with Gasteiger partial charge in [-0.1, -0.05) is 66.7 Å². The molecule has 1 nitrogen and oxygen atoms in total. The summed E-state index contributed by atoms with van der Waals surface area (Å²) in [7, 11) is 0. The van der Waals surface area contributed by atoms with E-state index in [4.69, 9.17) is 0 Å². The van der Waals surface area contributed by atoms with Crippen molar-refractivity contribution in [1.82, 2.24) is 4.98 Å². The number of hydrogen-bond donors (Lipinski definition) is 1. The Labute approximate surface area is 136 Å². The van der Waals surface area contributed by atoms with Gasteiger partial charge >= 0.3 is 0 Å². The molecular formula is C22H19N. The van der Waals surface area contributed by atoms with Crippen molar-refractivity contribution in [2.24, 2.45) is 0 Å². The second kappa shape index (κ2) is 5.44. The molecule has 0 saturated carbocycles. The van der Waals surface area contributed by atoms with Crippen LogP contribution in [0, 0.1) is 13.8 Å². The highest BCUT2D eigenvalue weighted by Crippen LogP contribution is 2.40. The van der Waals surface area contributed by atoms with Crippen LogP contribution in [0.25, 0.3) is 33.2 Å². The van der Waals surface area contributed by atoms with Crippen LogP contribution < -0.4 is 0 Å². The van der Waals surface area contributed by atoms with Crippen LogP contribution in [0.5, 0.6) is 0 Å². The number of H-pyrrole nitrogens is 1. The first-order valence-electron chi connectivity index (χ1n) is 7.98. The zero-order valence-corrected chi connectivity index (χ0v) is 13.4. The van der Waals surface area contributed by atoms with Crippen LogP contribution in [0.3, 0.4) is 0 Å². The van der Waals surface area contributed by atoms with Gasteiger partial charge in [-0.3, -0.25) is 0 Å². The molecule has 0 aliphatic heterocycles. The van der Waals surface area contributed by atoms with Gasteiger partial charge in [0, 0.05) is 16.6 Å². The van der Waals surface area contributed by atoms with Crippen molar-refractivity contribution in [1.29, 1.82) is 0 Å². The largest absolute Gasteiger partial charge is 0.358 e. The summed E-state index contributed by atoms with van der Waals surface area (Å²) in [6.45, 7) is 4.35. The third-order valence-corrected chi connectivity index (χ3v) is 4.61. The van der Waals surface area contributed by atoms with Crippen LogP contribution in [0.2, 0.25) is 0 Å². The van der Waals surface area contributed by atoms with Crippen molar-refractivity contribution in [3.05, 3.63) is 84.1 Å². The average molecular weight is 297 g/mol. The van der Waals surface area contributed by atoms with Crippen molar-refractivity contribution in [3.8, 4) is 22.3 Å². The average Bonchev–Trinajstić information content (AvgIpc) is 2.90. The van der Waals surface area contributed by atoms with Gasteiger partial charge in [-0.25, -0.2) is 0 Å². The predicted octanol–water partition coefficient (Wildman–Crippen LogP) is 6.12. The van der Waals surface area contributed by atoms with E-state index in [1.54, 1.807) is 0 Å². The predicted molar refractivity (Wildman–Crippen MR) is 98.6 cm³/mol. The van der Waals surface area contributed by atoms with E-state index in [9.17, 15) is 0 Å². The summed E-state index contributed by atoms with van der Waals surface area (Å²) in [4.78, 5) is 3.52. The molecule has 112 valence electrons. The molecule has 4 aromatic rings. The molecule has 3 aromatic carbocycles. The molecule has 23 heavy (non-hydrogen) atoms. The number of fused-ring (bicyclic) bond motifs is 1. The lowest BCUT2D eigenvalue weighted by Crippen LogP contribution is -1.87. The minimum atomic E-state index is 1.21. The maximum absolute atomic E-state index is 3.52. The summed E-state index contributed by atoms with van der Waals surface area (Å²) >= 11 is 0. The van der Waals surface area contributed by atoms with Gasteiger partial charge in [-0.2, -0.15) is 0 Å². The van der Waals surface area contributed by atoms with Crippen molar-refractivity contribution in [2.45, 2.75) is 13.8 Å². The Morgan fingerprint density at radius 3 is 1.91 bits per heavy atom. The van der Waals surface area contributed by atoms with Crippen LogP contribution in [-0.2, 0) is 0 Å². The highest BCUT2D eigenvalue weighted by atomic mass is 14.7. The van der Waals surface area contributed by atoms with Gasteiger partial charge in [0.05, 0.1) is 0 Å². The van der Waals surface area contributed by atoms with E-state index >= 15 is 0 Å². The van der Waals surface area contributed by atoms with E-state index in [0.29, 0.717) is 0 Å². The van der Waals surface area contributed by atoms with Crippen LogP contribution in [0.15, 0.2) is 72.8 Å². The third kappa shape index (κ3) is 2.25. The minimum Gasteiger partial charge on any atom is -0.358 e. The summed E-state index contributed by atoms with van der Waals surface area (Å²) in [5.41, 5.74) is 8.89. The number of benzene rings is 3. The molecule has 1 N–H and O–H groups in total. The molecule has 0 atom stereocenters. The molecule has 0 unspecified atom stereocenters. The van der Waals surface area contributed by atoms with E-state index < -0.39 is 0 Å². The molecule has 0 aliphatic rings. The van der Waals surface area contributed by atoms with E-state index in [1.165, 1.54) is 44.4 Å². The fraction of sp³-hybridized carbons (Fsp3) is 0.0909. The highest BCUT2D eigenvalue weighted by molar-refractivity contribution is 6.05. The van der Waals surface area contributed by atoms with E-state index in [2.05, 4.69) is 91.6 Å². The van der Waals surface area contributed by atoms with Crippen molar-refractivity contribution >= 4 is 10.9 Å². The first kappa shape index (κ1) is 13.8. The lowest BCUT2D eigenvalue weighted by atomic mass is 9.90. The number of hydrogen-bond acceptors (Lipinski definition) is 0. The zero-order chi connectivity index (χ0) is 15.8. The first-order valence-corrected chi connectivity index (χ1v) is 7.98. The number of rotatable bonds is 2. The van der Waals surface area contributed by atoms with Crippen LogP contribution in [-0.4, -0.2) is 4.98 Å². The number of aryl methyl sites for hydroxylation is 2. The van der Waals surface area contributed by atoms with Crippen molar-refractivity contribution in [3.63, 3.8) is 0 Å². The maximum atomic E-state index is 3.52. The highest BCUT2D eigenvalue weighted by Gasteiger charge is 2.15. The summed E-state index contributed by atoms with van der Waals surface area (Å²) < 4.78 is 0. The fourth-order valence-electron chi connectivity index (χ4n) is 3.34. The van der Waals surface area contributed by atoms with Crippen molar-refractivity contribution in [2.75, 3.05) is 0 Å². The molecule has 1 heterocycles. The molecule has 0 bridgehead atoms. The molecule has 0 amide bonds. The monoisotopic (exact) mass is 297 g/mol. The van der Waals surface area contributed by atoms with Gasteiger partial charge in [-0.15, -0.1) is 0 Å². The Bertz CT molecular complexity index is 963. The van der Waals surface area contributed by atoms with Crippen LogP contribution in [0.1, 0.15) is 11.3 Å². The summed E-state index contributed by atoms with van der Waals surface area (Å²) in [5.74, 6) is 0. The molecule has 0 fully saturated rings. The molecule has 4 rings (SSSR count). The number of aromatic nitrogens is 1. The maximum Gasteiger partial charge on any atom is 0.0465 e. The van der Waals surface area contributed by atoms with Gasteiger partial charge in [0.25, 0.3) is 0 Å². The van der Waals surface area contributed by atoms with Gasteiger partial charge in [0.1, 0.15) is 0 Å². The fourth-order valence-corrected chi connectivity index (χ4v) is 3.34. The number of aromatic amines is 1. The Balaban J connectivity index is 2.13.